The third kappa shape index (κ3) is 3.71. The van der Waals surface area contributed by atoms with Crippen LogP contribution in [0.25, 0.3) is 5.78 Å². The number of carbonyl (C=O) groups is 3. The van der Waals surface area contributed by atoms with E-state index in [1.807, 2.05) is 6.92 Å². The highest BCUT2D eigenvalue weighted by Gasteiger charge is 2.19. The number of aromatic nitrogens is 4. The lowest BCUT2D eigenvalue weighted by molar-refractivity contribution is -0.141. The number of carbonyl (C=O) groups excluding carboxylic acids is 3. The third-order valence-corrected chi connectivity index (χ3v) is 5.00. The molecule has 0 radical (unpaired) electrons. The Labute approximate surface area is 166 Å². The lowest BCUT2D eigenvalue weighted by Crippen LogP contribution is -2.20. The topological polar surface area (TPSA) is 116 Å². The molecule has 0 saturated heterocycles. The molecule has 148 valence electrons. The number of anilines is 1. The van der Waals surface area contributed by atoms with E-state index in [4.69, 9.17) is 4.74 Å². The Morgan fingerprint density at radius 1 is 1.24 bits per heavy atom. The van der Waals surface area contributed by atoms with Crippen molar-refractivity contribution in [2.45, 2.75) is 33.1 Å². The van der Waals surface area contributed by atoms with Gasteiger partial charge in [0, 0.05) is 34.6 Å². The molecule has 1 N–H and O–H groups in total. The number of ketones is 1. The van der Waals surface area contributed by atoms with Gasteiger partial charge in [0.05, 0.1) is 6.42 Å². The molecule has 0 fully saturated rings. The Kier molecular flexibility index (Phi) is 4.79. The SMILES string of the molecule is Cc1nc2ncnn2c(C)c1CC(=O)OCC(=O)c1ccc2c(c1)CCC(=O)N2. The van der Waals surface area contributed by atoms with Gasteiger partial charge in [-0.1, -0.05) is 0 Å². The third-order valence-electron chi connectivity index (χ3n) is 5.00. The minimum atomic E-state index is -0.518. The maximum atomic E-state index is 12.4. The summed E-state index contributed by atoms with van der Waals surface area (Å²) in [6, 6.07) is 5.06. The van der Waals surface area contributed by atoms with Gasteiger partial charge in [0.2, 0.25) is 5.91 Å². The molecule has 1 aliphatic rings. The van der Waals surface area contributed by atoms with E-state index in [0.717, 1.165) is 16.9 Å². The number of rotatable bonds is 5. The quantitative estimate of drug-likeness (QED) is 0.517. The van der Waals surface area contributed by atoms with Crippen LogP contribution in [0.4, 0.5) is 5.69 Å². The zero-order valence-electron chi connectivity index (χ0n) is 16.1. The van der Waals surface area contributed by atoms with E-state index in [1.54, 1.807) is 29.6 Å². The number of benzene rings is 1. The number of ether oxygens (including phenoxy) is 1. The molecule has 1 aromatic carbocycles. The predicted molar refractivity (Wildman–Crippen MR) is 103 cm³/mol. The van der Waals surface area contributed by atoms with Crippen LogP contribution in [0.3, 0.4) is 0 Å². The fraction of sp³-hybridized carbons (Fsp3) is 0.300. The maximum Gasteiger partial charge on any atom is 0.310 e. The number of fused-ring (bicyclic) bond motifs is 2. The van der Waals surface area contributed by atoms with Crippen molar-refractivity contribution in [2.75, 3.05) is 11.9 Å². The summed E-state index contributed by atoms with van der Waals surface area (Å²) in [6.07, 6.45) is 2.37. The van der Waals surface area contributed by atoms with Gasteiger partial charge in [0.25, 0.3) is 5.78 Å². The summed E-state index contributed by atoms with van der Waals surface area (Å²) in [4.78, 5) is 44.5. The van der Waals surface area contributed by atoms with Gasteiger partial charge in [-0.3, -0.25) is 14.4 Å². The highest BCUT2D eigenvalue weighted by Crippen LogP contribution is 2.23. The van der Waals surface area contributed by atoms with E-state index in [2.05, 4.69) is 20.4 Å². The molecule has 0 bridgehead atoms. The van der Waals surface area contributed by atoms with Crippen molar-refractivity contribution in [3.63, 3.8) is 0 Å². The first kappa shape index (κ1) is 18.7. The van der Waals surface area contributed by atoms with Crippen LogP contribution in [0.15, 0.2) is 24.5 Å². The van der Waals surface area contributed by atoms with E-state index >= 15 is 0 Å². The van der Waals surface area contributed by atoms with Gasteiger partial charge >= 0.3 is 5.97 Å². The number of aryl methyl sites for hydroxylation is 3. The highest BCUT2D eigenvalue weighted by atomic mass is 16.5. The second kappa shape index (κ2) is 7.42. The molecule has 9 nitrogen and oxygen atoms in total. The molecule has 2 aromatic heterocycles. The summed E-state index contributed by atoms with van der Waals surface area (Å²) >= 11 is 0. The molecule has 4 rings (SSSR count). The van der Waals surface area contributed by atoms with Crippen LogP contribution in [0.1, 0.15) is 39.3 Å². The first-order chi connectivity index (χ1) is 13.9. The lowest BCUT2D eigenvalue weighted by atomic mass is 9.99. The molecule has 0 atom stereocenters. The second-order valence-electron chi connectivity index (χ2n) is 6.91. The van der Waals surface area contributed by atoms with Crippen LogP contribution in [-0.2, 0) is 27.2 Å². The van der Waals surface area contributed by atoms with Gasteiger partial charge in [-0.25, -0.2) is 9.50 Å². The van der Waals surface area contributed by atoms with Gasteiger partial charge < -0.3 is 10.1 Å². The average Bonchev–Trinajstić information content (AvgIpc) is 3.17. The van der Waals surface area contributed by atoms with E-state index in [9.17, 15) is 14.4 Å². The Balaban J connectivity index is 1.41. The molecule has 9 heteroatoms. The van der Waals surface area contributed by atoms with Crippen LogP contribution >= 0.6 is 0 Å². The van der Waals surface area contributed by atoms with Crippen molar-refractivity contribution in [2.24, 2.45) is 0 Å². The van der Waals surface area contributed by atoms with E-state index in [-0.39, 0.29) is 24.7 Å². The maximum absolute atomic E-state index is 12.4. The fourth-order valence-corrected chi connectivity index (χ4v) is 3.39. The molecule has 0 spiro atoms. The number of Topliss-reactive ketones (excluding diaryl/α,β-unsaturated/α-hetero) is 1. The summed E-state index contributed by atoms with van der Waals surface area (Å²) in [5, 5.41) is 6.86. The number of nitrogens with one attached hydrogen (secondary N) is 1. The van der Waals surface area contributed by atoms with Crippen LogP contribution in [0.2, 0.25) is 0 Å². The standard InChI is InChI=1S/C20H19N5O4/c1-11-15(12(2)25-20(23-11)21-10-22-25)8-19(28)29-9-17(26)14-3-5-16-13(7-14)4-6-18(27)24-16/h3,5,7,10H,4,6,8-9H2,1-2H3,(H,24,27). The largest absolute Gasteiger partial charge is 0.457 e. The Morgan fingerprint density at radius 3 is 2.90 bits per heavy atom. The molecule has 29 heavy (non-hydrogen) atoms. The minimum Gasteiger partial charge on any atom is -0.457 e. The first-order valence-corrected chi connectivity index (χ1v) is 9.20. The van der Waals surface area contributed by atoms with Crippen molar-refractivity contribution in [1.29, 1.82) is 0 Å². The number of nitrogens with zero attached hydrogens (tertiary/aromatic N) is 4. The molecular weight excluding hydrogens is 374 g/mol. The molecule has 0 unspecified atom stereocenters. The minimum absolute atomic E-state index is 0.00995. The highest BCUT2D eigenvalue weighted by molar-refractivity contribution is 6.00. The zero-order chi connectivity index (χ0) is 20.5. The molecule has 1 amide bonds. The summed E-state index contributed by atoms with van der Waals surface area (Å²) < 4.78 is 6.76. The number of esters is 1. The van der Waals surface area contributed by atoms with Gasteiger partial charge in [-0.05, 0) is 44.0 Å². The monoisotopic (exact) mass is 393 g/mol. The smallest absolute Gasteiger partial charge is 0.310 e. The molecule has 3 heterocycles. The molecular formula is C20H19N5O4. The van der Waals surface area contributed by atoms with Crippen LogP contribution in [0, 0.1) is 13.8 Å². The second-order valence-corrected chi connectivity index (χ2v) is 6.91. The van der Waals surface area contributed by atoms with Crippen molar-refractivity contribution < 1.29 is 19.1 Å². The summed E-state index contributed by atoms with van der Waals surface area (Å²) in [5.41, 5.74) is 4.20. The Bertz CT molecular complexity index is 1150. The molecule has 0 saturated carbocycles. The van der Waals surface area contributed by atoms with Crippen LogP contribution in [0.5, 0.6) is 0 Å². The number of hydrogen-bond donors (Lipinski definition) is 1. The zero-order valence-corrected chi connectivity index (χ0v) is 16.1. The number of amides is 1. The van der Waals surface area contributed by atoms with Crippen LogP contribution < -0.4 is 5.32 Å². The first-order valence-electron chi connectivity index (χ1n) is 9.20. The summed E-state index contributed by atoms with van der Waals surface area (Å²) in [5.74, 6) is -0.377. The lowest BCUT2D eigenvalue weighted by Gasteiger charge is -2.17. The molecule has 0 aliphatic carbocycles. The van der Waals surface area contributed by atoms with Crippen molar-refractivity contribution >= 4 is 29.1 Å². The normalized spacial score (nSPS) is 13.1. The van der Waals surface area contributed by atoms with Gasteiger partial charge in [0.1, 0.15) is 6.33 Å². The Hall–Kier alpha value is -3.62. The van der Waals surface area contributed by atoms with E-state index in [1.165, 1.54) is 6.33 Å². The fourth-order valence-electron chi connectivity index (χ4n) is 3.39. The van der Waals surface area contributed by atoms with Gasteiger partial charge in [-0.15, -0.1) is 0 Å². The predicted octanol–water partition coefficient (Wildman–Crippen LogP) is 1.59. The Morgan fingerprint density at radius 2 is 2.07 bits per heavy atom. The molecule has 1 aliphatic heterocycles. The van der Waals surface area contributed by atoms with E-state index < -0.39 is 5.97 Å². The van der Waals surface area contributed by atoms with Crippen molar-refractivity contribution in [3.05, 3.63) is 52.6 Å². The van der Waals surface area contributed by atoms with Crippen LogP contribution in [-0.4, -0.2) is 43.8 Å². The van der Waals surface area contributed by atoms with Gasteiger partial charge in [-0.2, -0.15) is 10.1 Å². The summed E-state index contributed by atoms with van der Waals surface area (Å²) in [7, 11) is 0. The van der Waals surface area contributed by atoms with Crippen molar-refractivity contribution in [1.82, 2.24) is 19.6 Å². The summed E-state index contributed by atoms with van der Waals surface area (Å²) in [6.45, 7) is 3.28. The van der Waals surface area contributed by atoms with Gasteiger partial charge in [0.15, 0.2) is 12.4 Å². The van der Waals surface area contributed by atoms with Crippen molar-refractivity contribution in [3.8, 4) is 0 Å². The number of hydrogen-bond acceptors (Lipinski definition) is 7. The molecule has 3 aromatic rings. The van der Waals surface area contributed by atoms with E-state index in [0.29, 0.717) is 35.4 Å². The average molecular weight is 393 g/mol.